The predicted octanol–water partition coefficient (Wildman–Crippen LogP) is 2.99. The molecule has 0 unspecified atom stereocenters. The number of hydrogen-bond acceptors (Lipinski definition) is 5. The van der Waals surface area contributed by atoms with Gasteiger partial charge in [-0.3, -0.25) is 14.8 Å². The van der Waals surface area contributed by atoms with Crippen molar-refractivity contribution in [1.29, 1.82) is 0 Å². The number of anilines is 1. The van der Waals surface area contributed by atoms with E-state index in [1.807, 2.05) is 32.2 Å². The average molecular weight is 347 g/mol. The summed E-state index contributed by atoms with van der Waals surface area (Å²) in [4.78, 5) is 20.7. The van der Waals surface area contributed by atoms with E-state index in [9.17, 15) is 4.79 Å². The first-order chi connectivity index (χ1) is 11.5. The maximum absolute atomic E-state index is 12.4. The third kappa shape index (κ3) is 3.37. The fourth-order valence-electron chi connectivity index (χ4n) is 3.27. The van der Waals surface area contributed by atoms with E-state index in [1.165, 1.54) is 15.6 Å². The minimum atomic E-state index is -0.00236. The topological polar surface area (TPSA) is 73.9 Å². The second kappa shape index (κ2) is 7.03. The molecule has 0 radical (unpaired) electrons. The number of likely N-dealkylation sites (N-methyl/N-ethyl adjacent to an activating group) is 1. The lowest BCUT2D eigenvalue weighted by Crippen LogP contribution is -2.34. The van der Waals surface area contributed by atoms with Crippen LogP contribution < -0.4 is 5.32 Å². The maximum Gasteiger partial charge on any atom is 0.238 e. The lowest BCUT2D eigenvalue weighted by molar-refractivity contribution is -0.117. The molecule has 1 amide bonds. The van der Waals surface area contributed by atoms with E-state index < -0.39 is 0 Å². The van der Waals surface area contributed by atoms with E-state index in [0.29, 0.717) is 12.6 Å². The molecule has 0 bridgehead atoms. The third-order valence-corrected chi connectivity index (χ3v) is 5.93. The zero-order valence-corrected chi connectivity index (χ0v) is 15.6. The smallest absolute Gasteiger partial charge is 0.238 e. The molecule has 0 aromatic carbocycles. The normalized spacial score (nSPS) is 17.1. The molecule has 1 aliphatic carbocycles. The van der Waals surface area contributed by atoms with Crippen molar-refractivity contribution in [2.24, 2.45) is 0 Å². The summed E-state index contributed by atoms with van der Waals surface area (Å²) in [6, 6.07) is 0.295. The molecule has 2 heterocycles. The van der Waals surface area contributed by atoms with Crippen LogP contribution in [0.4, 0.5) is 5.69 Å². The van der Waals surface area contributed by atoms with Gasteiger partial charge in [0, 0.05) is 10.9 Å². The molecule has 1 aliphatic rings. The summed E-state index contributed by atoms with van der Waals surface area (Å²) in [5, 5.41) is 11.2. The summed E-state index contributed by atoms with van der Waals surface area (Å²) in [6.07, 6.45) is 4.27. The maximum atomic E-state index is 12.4. The number of amides is 1. The molecule has 1 atom stereocenters. The van der Waals surface area contributed by atoms with Crippen molar-refractivity contribution in [3.63, 3.8) is 0 Å². The van der Waals surface area contributed by atoms with Gasteiger partial charge in [-0.25, -0.2) is 4.98 Å². The minimum absolute atomic E-state index is 0.00236. The first-order valence-corrected chi connectivity index (χ1v) is 9.31. The molecule has 24 heavy (non-hydrogen) atoms. The molecule has 130 valence electrons. The van der Waals surface area contributed by atoms with Gasteiger partial charge in [0.25, 0.3) is 0 Å². The predicted molar refractivity (Wildman–Crippen MR) is 96.5 cm³/mol. The molecule has 2 aromatic heterocycles. The van der Waals surface area contributed by atoms with E-state index in [-0.39, 0.29) is 5.91 Å². The van der Waals surface area contributed by atoms with Crippen molar-refractivity contribution in [2.75, 3.05) is 18.9 Å². The number of nitrogens with one attached hydrogen (secondary N) is 2. The number of rotatable bonds is 5. The molecule has 0 saturated heterocycles. The fraction of sp³-hybridized carbons (Fsp3) is 0.588. The van der Waals surface area contributed by atoms with Crippen LogP contribution in [0, 0.1) is 13.8 Å². The number of thiazole rings is 1. The average Bonchev–Trinajstić information content (AvgIpc) is 3.12. The number of nitrogens with zero attached hydrogens (tertiary/aromatic N) is 3. The Morgan fingerprint density at radius 2 is 2.25 bits per heavy atom. The van der Waals surface area contributed by atoms with Crippen LogP contribution in [0.5, 0.6) is 0 Å². The molecule has 0 saturated carbocycles. The lowest BCUT2D eigenvalue weighted by Gasteiger charge is -2.30. The van der Waals surface area contributed by atoms with Crippen molar-refractivity contribution >= 4 is 22.9 Å². The van der Waals surface area contributed by atoms with Gasteiger partial charge in [0.2, 0.25) is 5.91 Å². The summed E-state index contributed by atoms with van der Waals surface area (Å²) in [5.74, 6) is -0.00236. The Balaban J connectivity index is 1.68. The van der Waals surface area contributed by atoms with Crippen LogP contribution in [-0.4, -0.2) is 39.6 Å². The second-order valence-electron chi connectivity index (χ2n) is 6.45. The van der Waals surface area contributed by atoms with Crippen molar-refractivity contribution in [3.8, 4) is 0 Å². The molecule has 2 N–H and O–H groups in total. The second-order valence-corrected chi connectivity index (χ2v) is 7.57. The van der Waals surface area contributed by atoms with Gasteiger partial charge in [0.15, 0.2) is 0 Å². The molecule has 2 aromatic rings. The van der Waals surface area contributed by atoms with Gasteiger partial charge in [-0.1, -0.05) is 6.92 Å². The van der Waals surface area contributed by atoms with E-state index in [0.717, 1.165) is 42.8 Å². The highest BCUT2D eigenvalue weighted by molar-refractivity contribution is 7.11. The van der Waals surface area contributed by atoms with Crippen molar-refractivity contribution in [3.05, 3.63) is 27.0 Å². The van der Waals surface area contributed by atoms with Gasteiger partial charge in [-0.05, 0) is 46.6 Å². The van der Waals surface area contributed by atoms with Gasteiger partial charge < -0.3 is 5.32 Å². The van der Waals surface area contributed by atoms with Gasteiger partial charge in [-0.15, -0.1) is 11.3 Å². The highest BCUT2D eigenvalue weighted by Gasteiger charge is 2.28. The Bertz CT molecular complexity index is 716. The van der Waals surface area contributed by atoms with Gasteiger partial charge >= 0.3 is 0 Å². The zero-order valence-electron chi connectivity index (χ0n) is 14.8. The molecular weight excluding hydrogens is 322 g/mol. The number of carbonyl (C=O) groups is 1. The zero-order chi connectivity index (χ0) is 17.3. The number of aromatic amines is 1. The molecule has 0 spiro atoms. The summed E-state index contributed by atoms with van der Waals surface area (Å²) < 4.78 is 0. The summed E-state index contributed by atoms with van der Waals surface area (Å²) >= 11 is 1.81. The number of H-pyrrole nitrogens is 1. The summed E-state index contributed by atoms with van der Waals surface area (Å²) in [7, 11) is 2.03. The lowest BCUT2D eigenvalue weighted by atomic mass is 9.97. The van der Waals surface area contributed by atoms with Crippen molar-refractivity contribution in [2.45, 2.75) is 52.5 Å². The first kappa shape index (κ1) is 17.1. The highest BCUT2D eigenvalue weighted by atomic mass is 32.1. The number of hydrogen-bond donors (Lipinski definition) is 2. The van der Waals surface area contributed by atoms with Crippen molar-refractivity contribution < 1.29 is 4.79 Å². The van der Waals surface area contributed by atoms with Crippen LogP contribution in [0.25, 0.3) is 0 Å². The summed E-state index contributed by atoms with van der Waals surface area (Å²) in [5.41, 5.74) is 3.74. The molecule has 6 nitrogen and oxygen atoms in total. The minimum Gasteiger partial charge on any atom is -0.322 e. The van der Waals surface area contributed by atoms with Crippen LogP contribution in [0.15, 0.2) is 0 Å². The quantitative estimate of drug-likeness (QED) is 0.872. The van der Waals surface area contributed by atoms with E-state index in [4.69, 9.17) is 4.98 Å². The molecule has 7 heteroatoms. The monoisotopic (exact) mass is 347 g/mol. The summed E-state index contributed by atoms with van der Waals surface area (Å²) in [6.45, 7) is 6.32. The number of fused-ring (bicyclic) bond motifs is 1. The highest BCUT2D eigenvalue weighted by Crippen LogP contribution is 2.37. The standard InChI is InChI=1S/C17H25N5OS/c1-5-15-18-12-7-6-8-13(17(12)24-15)22(4)9-14(23)19-16-10(2)20-21-11(16)3/h13H,5-9H2,1-4H3,(H,19,23)(H,20,21)/t13-/m0/s1. The van der Waals surface area contributed by atoms with Crippen LogP contribution >= 0.6 is 11.3 Å². The SMILES string of the molecule is CCc1nc2c(s1)[C@@H](N(C)CC(=O)Nc1c(C)n[nH]c1C)CCC2. The van der Waals surface area contributed by atoms with Crippen molar-refractivity contribution in [1.82, 2.24) is 20.1 Å². The Morgan fingerprint density at radius 3 is 2.92 bits per heavy atom. The Hall–Kier alpha value is -1.73. The Kier molecular flexibility index (Phi) is 5.01. The number of aryl methyl sites for hydroxylation is 4. The van der Waals surface area contributed by atoms with Crippen LogP contribution in [0.2, 0.25) is 0 Å². The number of carbonyl (C=O) groups excluding carboxylic acids is 1. The van der Waals surface area contributed by atoms with Crippen LogP contribution in [0.3, 0.4) is 0 Å². The fourth-order valence-corrected chi connectivity index (χ4v) is 4.52. The van der Waals surface area contributed by atoms with Gasteiger partial charge in [0.1, 0.15) is 0 Å². The van der Waals surface area contributed by atoms with Crippen LogP contribution in [-0.2, 0) is 17.6 Å². The van der Waals surface area contributed by atoms with E-state index in [2.05, 4.69) is 27.3 Å². The molecular formula is C17H25N5OS. The largest absolute Gasteiger partial charge is 0.322 e. The Morgan fingerprint density at radius 1 is 1.46 bits per heavy atom. The molecule has 0 aliphatic heterocycles. The number of aromatic nitrogens is 3. The molecule has 3 rings (SSSR count). The Labute approximate surface area is 146 Å². The molecule has 0 fully saturated rings. The van der Waals surface area contributed by atoms with E-state index >= 15 is 0 Å². The van der Waals surface area contributed by atoms with E-state index in [1.54, 1.807) is 0 Å². The van der Waals surface area contributed by atoms with Crippen LogP contribution in [0.1, 0.15) is 52.8 Å². The first-order valence-electron chi connectivity index (χ1n) is 8.49. The van der Waals surface area contributed by atoms with Gasteiger partial charge in [0.05, 0.1) is 34.3 Å². The van der Waals surface area contributed by atoms with Gasteiger partial charge in [-0.2, -0.15) is 5.10 Å². The third-order valence-electron chi connectivity index (χ3n) is 4.59.